The molecule has 2 heterocycles. The van der Waals surface area contributed by atoms with E-state index in [1.807, 2.05) is 18.2 Å². The Morgan fingerprint density at radius 3 is 2.76 bits per heavy atom. The Morgan fingerprint density at radius 2 is 2.05 bits per heavy atom. The maximum absolute atomic E-state index is 12.3. The number of rotatable bonds is 4. The fourth-order valence-corrected chi connectivity index (χ4v) is 3.91. The van der Waals surface area contributed by atoms with Gasteiger partial charge in [0.25, 0.3) is 0 Å². The predicted molar refractivity (Wildman–Crippen MR) is 77.0 cm³/mol. The Balaban J connectivity index is 1.78. The van der Waals surface area contributed by atoms with E-state index in [4.69, 9.17) is 4.52 Å². The minimum atomic E-state index is -3.61. The summed E-state index contributed by atoms with van der Waals surface area (Å²) in [6.45, 7) is 5.17. The molecule has 0 amide bonds. The van der Waals surface area contributed by atoms with Gasteiger partial charge >= 0.3 is 0 Å². The minimum Gasteiger partial charge on any atom is -0.360 e. The van der Waals surface area contributed by atoms with Gasteiger partial charge in [0.05, 0.1) is 0 Å². The van der Waals surface area contributed by atoms with Gasteiger partial charge in [-0.2, -0.15) is 0 Å². The average Bonchev–Trinajstić information content (AvgIpc) is 3.02. The summed E-state index contributed by atoms with van der Waals surface area (Å²) < 4.78 is 32.2. The molecule has 21 heavy (non-hydrogen) atoms. The fourth-order valence-electron chi connectivity index (χ4n) is 2.57. The van der Waals surface area contributed by atoms with E-state index in [-0.39, 0.29) is 11.4 Å². The molecule has 0 aliphatic carbocycles. The van der Waals surface area contributed by atoms with Gasteiger partial charge in [-0.3, -0.25) is 0 Å². The lowest BCUT2D eigenvalue weighted by molar-refractivity contribution is 0.390. The van der Waals surface area contributed by atoms with Gasteiger partial charge in [-0.05, 0) is 30.5 Å². The molecule has 0 saturated heterocycles. The average molecular weight is 307 g/mol. The monoisotopic (exact) mass is 307 g/mol. The number of benzene rings is 1. The number of aryl methyl sites for hydroxylation is 2. The SMILES string of the molecule is Cc1noc(C)c1S(=O)(=O)NCc1ccc2c(c1)CNC2. The Bertz CT molecular complexity index is 761. The van der Waals surface area contributed by atoms with Crippen LogP contribution in [0.15, 0.2) is 27.6 Å². The molecule has 0 saturated carbocycles. The lowest BCUT2D eigenvalue weighted by Gasteiger charge is -2.07. The summed E-state index contributed by atoms with van der Waals surface area (Å²) in [5.74, 6) is 0.304. The zero-order valence-electron chi connectivity index (χ0n) is 11.9. The van der Waals surface area contributed by atoms with E-state index in [1.54, 1.807) is 13.8 Å². The quantitative estimate of drug-likeness (QED) is 0.891. The Labute approximate surface area is 123 Å². The summed E-state index contributed by atoms with van der Waals surface area (Å²) in [6, 6.07) is 6.02. The summed E-state index contributed by atoms with van der Waals surface area (Å²) in [6.07, 6.45) is 0. The Kier molecular flexibility index (Phi) is 3.56. The number of hydrogen-bond acceptors (Lipinski definition) is 5. The third-order valence-corrected chi connectivity index (χ3v) is 5.25. The van der Waals surface area contributed by atoms with Crippen LogP contribution in [0.4, 0.5) is 0 Å². The van der Waals surface area contributed by atoms with Crippen LogP contribution in [-0.4, -0.2) is 13.6 Å². The Morgan fingerprint density at radius 1 is 1.29 bits per heavy atom. The molecule has 1 aliphatic rings. The van der Waals surface area contributed by atoms with Crippen molar-refractivity contribution in [3.05, 3.63) is 46.3 Å². The van der Waals surface area contributed by atoms with Crippen LogP contribution < -0.4 is 10.0 Å². The summed E-state index contributed by atoms with van der Waals surface area (Å²) in [7, 11) is -3.61. The highest BCUT2D eigenvalue weighted by Crippen LogP contribution is 2.20. The molecule has 0 bridgehead atoms. The first-order valence-electron chi connectivity index (χ1n) is 6.71. The third kappa shape index (κ3) is 2.72. The predicted octanol–water partition coefficient (Wildman–Crippen LogP) is 1.37. The second-order valence-corrected chi connectivity index (χ2v) is 6.89. The summed E-state index contributed by atoms with van der Waals surface area (Å²) >= 11 is 0. The molecule has 0 spiro atoms. The second-order valence-electron chi connectivity index (χ2n) is 5.18. The van der Waals surface area contributed by atoms with Crippen LogP contribution in [0.2, 0.25) is 0 Å². The maximum Gasteiger partial charge on any atom is 0.246 e. The normalized spacial score (nSPS) is 14.4. The van der Waals surface area contributed by atoms with Crippen LogP contribution in [0, 0.1) is 13.8 Å². The third-order valence-electron chi connectivity index (χ3n) is 3.60. The van der Waals surface area contributed by atoms with Gasteiger partial charge in [0.1, 0.15) is 10.6 Å². The van der Waals surface area contributed by atoms with Gasteiger partial charge in [-0.15, -0.1) is 0 Å². The molecular weight excluding hydrogens is 290 g/mol. The number of hydrogen-bond donors (Lipinski definition) is 2. The van der Waals surface area contributed by atoms with Crippen LogP contribution in [0.3, 0.4) is 0 Å². The van der Waals surface area contributed by atoms with Gasteiger partial charge in [-0.25, -0.2) is 13.1 Å². The van der Waals surface area contributed by atoms with Crippen LogP contribution in [0.1, 0.15) is 28.1 Å². The van der Waals surface area contributed by atoms with Crippen LogP contribution in [0.5, 0.6) is 0 Å². The van der Waals surface area contributed by atoms with Crippen molar-refractivity contribution in [3.63, 3.8) is 0 Å². The van der Waals surface area contributed by atoms with E-state index < -0.39 is 10.0 Å². The number of fused-ring (bicyclic) bond motifs is 1. The van der Waals surface area contributed by atoms with E-state index in [1.165, 1.54) is 11.1 Å². The van der Waals surface area contributed by atoms with Crippen LogP contribution >= 0.6 is 0 Å². The molecule has 6 nitrogen and oxygen atoms in total. The van der Waals surface area contributed by atoms with Crippen LogP contribution in [-0.2, 0) is 29.7 Å². The largest absolute Gasteiger partial charge is 0.360 e. The van der Waals surface area contributed by atoms with Gasteiger partial charge in [-0.1, -0.05) is 23.4 Å². The standard InChI is InChI=1S/C14H17N3O3S/c1-9-14(10(2)20-17-9)21(18,19)16-6-11-3-4-12-7-15-8-13(12)5-11/h3-5,15-16H,6-8H2,1-2H3. The highest BCUT2D eigenvalue weighted by Gasteiger charge is 2.23. The molecule has 0 radical (unpaired) electrons. The molecule has 0 atom stereocenters. The highest BCUT2D eigenvalue weighted by molar-refractivity contribution is 7.89. The molecule has 112 valence electrons. The van der Waals surface area contributed by atoms with Crippen molar-refractivity contribution in [3.8, 4) is 0 Å². The van der Waals surface area contributed by atoms with E-state index in [0.29, 0.717) is 11.5 Å². The molecule has 7 heteroatoms. The molecule has 0 unspecified atom stereocenters. The van der Waals surface area contributed by atoms with Crippen molar-refractivity contribution in [2.45, 2.75) is 38.4 Å². The molecule has 1 aromatic heterocycles. The van der Waals surface area contributed by atoms with E-state index in [0.717, 1.165) is 18.7 Å². The van der Waals surface area contributed by atoms with Crippen molar-refractivity contribution in [2.24, 2.45) is 0 Å². The molecule has 1 aliphatic heterocycles. The van der Waals surface area contributed by atoms with Gasteiger partial charge < -0.3 is 9.84 Å². The van der Waals surface area contributed by atoms with Gasteiger partial charge in [0, 0.05) is 19.6 Å². The first kappa shape index (κ1) is 14.2. The number of nitrogens with zero attached hydrogens (tertiary/aromatic N) is 1. The lowest BCUT2D eigenvalue weighted by Crippen LogP contribution is -2.24. The highest BCUT2D eigenvalue weighted by atomic mass is 32.2. The molecular formula is C14H17N3O3S. The summed E-state index contributed by atoms with van der Waals surface area (Å²) in [5, 5.41) is 6.95. The molecule has 3 rings (SSSR count). The van der Waals surface area contributed by atoms with Crippen molar-refractivity contribution in [1.82, 2.24) is 15.2 Å². The molecule has 1 aromatic carbocycles. The number of sulfonamides is 1. The minimum absolute atomic E-state index is 0.130. The Hall–Kier alpha value is -1.70. The lowest BCUT2D eigenvalue weighted by atomic mass is 10.1. The zero-order chi connectivity index (χ0) is 15.0. The van der Waals surface area contributed by atoms with Crippen molar-refractivity contribution >= 4 is 10.0 Å². The fraction of sp³-hybridized carbons (Fsp3) is 0.357. The first-order valence-corrected chi connectivity index (χ1v) is 8.19. The van der Waals surface area contributed by atoms with Crippen LogP contribution in [0.25, 0.3) is 0 Å². The summed E-state index contributed by atoms with van der Waals surface area (Å²) in [5.41, 5.74) is 3.81. The van der Waals surface area contributed by atoms with Gasteiger partial charge in [0.2, 0.25) is 10.0 Å². The number of aromatic nitrogens is 1. The molecule has 2 aromatic rings. The van der Waals surface area contributed by atoms with Crippen molar-refractivity contribution in [1.29, 1.82) is 0 Å². The van der Waals surface area contributed by atoms with Gasteiger partial charge in [0.15, 0.2) is 5.76 Å². The van der Waals surface area contributed by atoms with Crippen molar-refractivity contribution in [2.75, 3.05) is 0 Å². The second kappa shape index (κ2) is 5.25. The van der Waals surface area contributed by atoms with Crippen molar-refractivity contribution < 1.29 is 12.9 Å². The molecule has 0 fully saturated rings. The van der Waals surface area contributed by atoms with E-state index in [2.05, 4.69) is 15.2 Å². The van der Waals surface area contributed by atoms with E-state index >= 15 is 0 Å². The zero-order valence-corrected chi connectivity index (χ0v) is 12.8. The maximum atomic E-state index is 12.3. The smallest absolute Gasteiger partial charge is 0.246 e. The number of nitrogens with one attached hydrogen (secondary N) is 2. The van der Waals surface area contributed by atoms with E-state index in [9.17, 15) is 8.42 Å². The first-order chi connectivity index (χ1) is 9.97. The molecule has 2 N–H and O–H groups in total. The summed E-state index contributed by atoms with van der Waals surface area (Å²) in [4.78, 5) is 0.130. The topological polar surface area (TPSA) is 84.2 Å².